The van der Waals surface area contributed by atoms with E-state index in [9.17, 15) is 0 Å². The van der Waals surface area contributed by atoms with Gasteiger partial charge < -0.3 is 0 Å². The first-order chi connectivity index (χ1) is 7.78. The molecule has 0 atom stereocenters. The number of aliphatic imine (C=N–C) groups is 1. The smallest absolute Gasteiger partial charge is 0.103 e. The molecule has 1 aromatic heterocycles. The lowest BCUT2D eigenvalue weighted by Gasteiger charge is -1.96. The summed E-state index contributed by atoms with van der Waals surface area (Å²) in [5.41, 5.74) is 3.17. The lowest BCUT2D eigenvalue weighted by Crippen LogP contribution is -1.89. The third-order valence-corrected chi connectivity index (χ3v) is 2.42. The molecular weight excluding hydrogens is 198 g/mol. The van der Waals surface area contributed by atoms with Gasteiger partial charge in [0.25, 0.3) is 0 Å². The van der Waals surface area contributed by atoms with Gasteiger partial charge in [0.15, 0.2) is 0 Å². The van der Waals surface area contributed by atoms with Gasteiger partial charge in [0.1, 0.15) is 5.69 Å². The second kappa shape index (κ2) is 4.75. The Bertz CT molecular complexity index is 480. The molecule has 0 spiro atoms. The number of aryl methyl sites for hydroxylation is 2. The molecule has 0 radical (unpaired) electrons. The summed E-state index contributed by atoms with van der Waals surface area (Å²) in [4.78, 5) is 4.36. The molecule has 0 aliphatic carbocycles. The zero-order chi connectivity index (χ0) is 11.4. The van der Waals surface area contributed by atoms with Crippen LogP contribution in [0, 0.1) is 0 Å². The second-order valence-corrected chi connectivity index (χ2v) is 3.69. The van der Waals surface area contributed by atoms with Crippen LogP contribution in [0.2, 0.25) is 0 Å². The van der Waals surface area contributed by atoms with Gasteiger partial charge >= 0.3 is 0 Å². The molecule has 0 amide bonds. The summed E-state index contributed by atoms with van der Waals surface area (Å²) in [5, 5.41) is 4.23. The van der Waals surface area contributed by atoms with Crippen molar-refractivity contribution in [3.63, 3.8) is 0 Å². The lowest BCUT2D eigenvalue weighted by molar-refractivity contribution is 0.765. The van der Waals surface area contributed by atoms with E-state index in [1.54, 1.807) is 10.9 Å². The Hall–Kier alpha value is -1.90. The normalized spacial score (nSPS) is 11.1. The van der Waals surface area contributed by atoms with E-state index in [1.807, 2.05) is 31.4 Å². The van der Waals surface area contributed by atoms with Crippen molar-refractivity contribution in [2.75, 3.05) is 0 Å². The SMILES string of the molecule is CCc1ccc(N=Cc2ccn(C)n2)cc1. The van der Waals surface area contributed by atoms with Gasteiger partial charge in [-0.15, -0.1) is 0 Å². The van der Waals surface area contributed by atoms with Crippen LogP contribution >= 0.6 is 0 Å². The van der Waals surface area contributed by atoms with E-state index in [0.717, 1.165) is 17.8 Å². The maximum atomic E-state index is 4.36. The maximum absolute atomic E-state index is 4.36. The van der Waals surface area contributed by atoms with Crippen LogP contribution in [0.4, 0.5) is 5.69 Å². The summed E-state index contributed by atoms with van der Waals surface area (Å²) >= 11 is 0. The first kappa shape index (κ1) is 10.6. The minimum Gasteiger partial charge on any atom is -0.275 e. The fourth-order valence-electron chi connectivity index (χ4n) is 1.46. The van der Waals surface area contributed by atoms with Crippen molar-refractivity contribution in [2.45, 2.75) is 13.3 Å². The van der Waals surface area contributed by atoms with Crippen molar-refractivity contribution in [3.8, 4) is 0 Å². The summed E-state index contributed by atoms with van der Waals surface area (Å²) in [6, 6.07) is 10.2. The molecular formula is C13H15N3. The number of nitrogens with zero attached hydrogens (tertiary/aromatic N) is 3. The third-order valence-electron chi connectivity index (χ3n) is 2.42. The molecule has 1 heterocycles. The molecule has 3 nitrogen and oxygen atoms in total. The molecule has 0 fully saturated rings. The van der Waals surface area contributed by atoms with Crippen LogP contribution in [0.25, 0.3) is 0 Å². The van der Waals surface area contributed by atoms with E-state index in [1.165, 1.54) is 5.56 Å². The Morgan fingerprint density at radius 3 is 2.56 bits per heavy atom. The number of hydrogen-bond acceptors (Lipinski definition) is 2. The second-order valence-electron chi connectivity index (χ2n) is 3.69. The minimum atomic E-state index is 0.877. The van der Waals surface area contributed by atoms with Crippen LogP contribution in [0.15, 0.2) is 41.5 Å². The Morgan fingerprint density at radius 2 is 2.00 bits per heavy atom. The largest absolute Gasteiger partial charge is 0.275 e. The van der Waals surface area contributed by atoms with Crippen molar-refractivity contribution in [1.82, 2.24) is 9.78 Å². The number of benzene rings is 1. The average molecular weight is 213 g/mol. The highest BCUT2D eigenvalue weighted by atomic mass is 15.2. The van der Waals surface area contributed by atoms with E-state index in [2.05, 4.69) is 29.1 Å². The molecule has 82 valence electrons. The first-order valence-electron chi connectivity index (χ1n) is 5.40. The third kappa shape index (κ3) is 2.57. The number of rotatable bonds is 3. The van der Waals surface area contributed by atoms with Crippen molar-refractivity contribution in [3.05, 3.63) is 47.8 Å². The first-order valence-corrected chi connectivity index (χ1v) is 5.40. The summed E-state index contributed by atoms with van der Waals surface area (Å²) < 4.78 is 1.77. The molecule has 1 aromatic carbocycles. The molecule has 0 saturated heterocycles. The Morgan fingerprint density at radius 1 is 1.25 bits per heavy atom. The zero-order valence-electron chi connectivity index (χ0n) is 9.59. The van der Waals surface area contributed by atoms with Crippen LogP contribution in [-0.4, -0.2) is 16.0 Å². The highest BCUT2D eigenvalue weighted by molar-refractivity contribution is 5.79. The summed E-state index contributed by atoms with van der Waals surface area (Å²) in [6.07, 6.45) is 4.74. The van der Waals surface area contributed by atoms with E-state index < -0.39 is 0 Å². The Labute approximate surface area is 95.5 Å². The van der Waals surface area contributed by atoms with Gasteiger partial charge in [-0.3, -0.25) is 9.67 Å². The van der Waals surface area contributed by atoms with Crippen LogP contribution in [0.5, 0.6) is 0 Å². The molecule has 0 N–H and O–H groups in total. The maximum Gasteiger partial charge on any atom is 0.103 e. The van der Waals surface area contributed by atoms with Crippen molar-refractivity contribution in [2.24, 2.45) is 12.0 Å². The van der Waals surface area contributed by atoms with Gasteiger partial charge in [-0.2, -0.15) is 5.10 Å². The van der Waals surface area contributed by atoms with Crippen LogP contribution in [-0.2, 0) is 13.5 Å². The van der Waals surface area contributed by atoms with Crippen molar-refractivity contribution >= 4 is 11.9 Å². The van der Waals surface area contributed by atoms with Crippen LogP contribution in [0.3, 0.4) is 0 Å². The summed E-state index contributed by atoms with van der Waals surface area (Å²) in [5.74, 6) is 0. The van der Waals surface area contributed by atoms with Gasteiger partial charge in [0.05, 0.1) is 11.9 Å². The summed E-state index contributed by atoms with van der Waals surface area (Å²) in [6.45, 7) is 2.15. The monoisotopic (exact) mass is 213 g/mol. The lowest BCUT2D eigenvalue weighted by atomic mass is 10.1. The molecule has 2 rings (SSSR count). The number of hydrogen-bond donors (Lipinski definition) is 0. The van der Waals surface area contributed by atoms with Gasteiger partial charge in [0, 0.05) is 13.2 Å². The number of aromatic nitrogens is 2. The predicted octanol–water partition coefficient (Wildman–Crippen LogP) is 2.73. The van der Waals surface area contributed by atoms with Gasteiger partial charge in [-0.1, -0.05) is 19.1 Å². The molecule has 0 aliphatic heterocycles. The highest BCUT2D eigenvalue weighted by Crippen LogP contribution is 2.13. The van der Waals surface area contributed by atoms with Crippen molar-refractivity contribution < 1.29 is 0 Å². The quantitative estimate of drug-likeness (QED) is 0.721. The Kier molecular flexibility index (Phi) is 3.15. The average Bonchev–Trinajstić information content (AvgIpc) is 2.73. The minimum absolute atomic E-state index is 0.877. The molecule has 0 bridgehead atoms. The molecule has 16 heavy (non-hydrogen) atoms. The topological polar surface area (TPSA) is 30.2 Å². The molecule has 0 saturated carbocycles. The van der Waals surface area contributed by atoms with Crippen molar-refractivity contribution in [1.29, 1.82) is 0 Å². The highest BCUT2D eigenvalue weighted by Gasteiger charge is 1.92. The van der Waals surface area contributed by atoms with E-state index in [4.69, 9.17) is 0 Å². The van der Waals surface area contributed by atoms with Gasteiger partial charge in [0.2, 0.25) is 0 Å². The molecule has 0 aliphatic rings. The standard InChI is InChI=1S/C13H15N3/c1-3-11-4-6-12(7-5-11)14-10-13-8-9-16(2)15-13/h4-10H,3H2,1-2H3. The molecule has 3 heteroatoms. The fourth-order valence-corrected chi connectivity index (χ4v) is 1.46. The van der Waals surface area contributed by atoms with Crippen LogP contribution < -0.4 is 0 Å². The van der Waals surface area contributed by atoms with E-state index >= 15 is 0 Å². The van der Waals surface area contributed by atoms with E-state index in [0.29, 0.717) is 0 Å². The van der Waals surface area contributed by atoms with Crippen LogP contribution in [0.1, 0.15) is 18.2 Å². The zero-order valence-corrected chi connectivity index (χ0v) is 9.59. The molecule has 0 unspecified atom stereocenters. The van der Waals surface area contributed by atoms with E-state index in [-0.39, 0.29) is 0 Å². The predicted molar refractivity (Wildman–Crippen MR) is 66.3 cm³/mol. The fraction of sp³-hybridized carbons (Fsp3) is 0.231. The van der Waals surface area contributed by atoms with Gasteiger partial charge in [-0.25, -0.2) is 0 Å². The Balaban J connectivity index is 2.11. The molecule has 2 aromatic rings. The summed E-state index contributed by atoms with van der Waals surface area (Å²) in [7, 11) is 1.90. The van der Waals surface area contributed by atoms with Gasteiger partial charge in [-0.05, 0) is 30.2 Å².